The van der Waals surface area contributed by atoms with E-state index in [9.17, 15) is 13.2 Å². The Balaban J connectivity index is 1.46. The summed E-state index contributed by atoms with van der Waals surface area (Å²) in [4.78, 5) is 1.02. The normalized spacial score (nSPS) is 18.4. The van der Waals surface area contributed by atoms with Crippen LogP contribution in [0, 0.1) is 6.92 Å². The maximum absolute atomic E-state index is 12.9. The summed E-state index contributed by atoms with van der Waals surface area (Å²) in [6, 6.07) is 9.28. The quantitative estimate of drug-likeness (QED) is 0.306. The van der Waals surface area contributed by atoms with Gasteiger partial charge in [0.05, 0.1) is 10.6 Å². The zero-order valence-electron chi connectivity index (χ0n) is 17.0. The molecular formula is C22H22ClF3O4S. The van der Waals surface area contributed by atoms with Crippen molar-refractivity contribution in [3.63, 3.8) is 0 Å². The second-order valence-corrected chi connectivity index (χ2v) is 8.43. The van der Waals surface area contributed by atoms with Crippen LogP contribution in [-0.4, -0.2) is 31.5 Å². The summed E-state index contributed by atoms with van der Waals surface area (Å²) in [6.07, 6.45) is -5.05. The zero-order chi connectivity index (χ0) is 22.6. The van der Waals surface area contributed by atoms with Crippen LogP contribution in [0.2, 0.25) is 5.02 Å². The fourth-order valence-electron chi connectivity index (χ4n) is 2.77. The Bertz CT molecular complexity index is 929. The Morgan fingerprint density at radius 1 is 1.16 bits per heavy atom. The molecule has 1 saturated heterocycles. The summed E-state index contributed by atoms with van der Waals surface area (Å²) >= 11 is 7.17. The molecule has 1 heterocycles. The third-order valence-corrected chi connectivity index (χ3v) is 5.81. The first-order valence-corrected chi connectivity index (χ1v) is 10.8. The first-order valence-electron chi connectivity index (χ1n) is 9.45. The molecule has 31 heavy (non-hydrogen) atoms. The summed E-state index contributed by atoms with van der Waals surface area (Å²) in [5.74, 6) is 1.40. The van der Waals surface area contributed by atoms with Crippen molar-refractivity contribution in [2.24, 2.45) is 0 Å². The minimum absolute atomic E-state index is 0.0917. The van der Waals surface area contributed by atoms with Gasteiger partial charge in [-0.15, -0.1) is 11.8 Å². The van der Waals surface area contributed by atoms with Crippen LogP contribution >= 0.6 is 23.4 Å². The van der Waals surface area contributed by atoms with E-state index in [1.807, 2.05) is 32.0 Å². The SMILES string of the molecule is C=C(COc1ccc(Cl)c(C(F)(F)F)c1)CSc1ccc(OCC2OC(C)O2)c(C)c1. The molecule has 1 fully saturated rings. The lowest BCUT2D eigenvalue weighted by molar-refractivity contribution is -0.380. The number of rotatable bonds is 9. The van der Waals surface area contributed by atoms with E-state index in [1.54, 1.807) is 11.8 Å². The molecule has 0 bridgehead atoms. The largest absolute Gasteiger partial charge is 0.489 e. The number of benzene rings is 2. The van der Waals surface area contributed by atoms with Gasteiger partial charge >= 0.3 is 6.18 Å². The van der Waals surface area contributed by atoms with Gasteiger partial charge < -0.3 is 18.9 Å². The molecule has 1 aliphatic rings. The molecule has 9 heteroatoms. The average Bonchev–Trinajstić information content (AvgIpc) is 2.68. The molecule has 3 rings (SSSR count). The van der Waals surface area contributed by atoms with Gasteiger partial charge in [0.25, 0.3) is 0 Å². The highest BCUT2D eigenvalue weighted by Crippen LogP contribution is 2.37. The molecule has 4 nitrogen and oxygen atoms in total. The molecule has 0 aliphatic carbocycles. The smallest absolute Gasteiger partial charge is 0.417 e. The molecule has 0 saturated carbocycles. The third kappa shape index (κ3) is 6.80. The first kappa shape index (κ1) is 23.8. The van der Waals surface area contributed by atoms with Crippen molar-refractivity contribution >= 4 is 23.4 Å². The molecule has 2 aromatic carbocycles. The molecular weight excluding hydrogens is 453 g/mol. The van der Waals surface area contributed by atoms with Gasteiger partial charge in [-0.3, -0.25) is 0 Å². The molecule has 0 unspecified atom stereocenters. The van der Waals surface area contributed by atoms with Crippen LogP contribution in [0.5, 0.6) is 11.5 Å². The Labute approximate surface area is 188 Å². The fourth-order valence-corrected chi connectivity index (χ4v) is 3.87. The summed E-state index contributed by atoms with van der Waals surface area (Å²) < 4.78 is 60.7. The number of hydrogen-bond acceptors (Lipinski definition) is 5. The topological polar surface area (TPSA) is 36.9 Å². The Morgan fingerprint density at radius 3 is 2.55 bits per heavy atom. The monoisotopic (exact) mass is 474 g/mol. The van der Waals surface area contributed by atoms with Crippen LogP contribution < -0.4 is 9.47 Å². The number of ether oxygens (including phenoxy) is 4. The van der Waals surface area contributed by atoms with Gasteiger partial charge in [-0.1, -0.05) is 18.2 Å². The molecule has 2 aromatic rings. The van der Waals surface area contributed by atoms with Gasteiger partial charge in [-0.25, -0.2) is 0 Å². The zero-order valence-corrected chi connectivity index (χ0v) is 18.6. The van der Waals surface area contributed by atoms with Crippen LogP contribution in [0.3, 0.4) is 0 Å². The Morgan fingerprint density at radius 2 is 1.90 bits per heavy atom. The van der Waals surface area contributed by atoms with Crippen LogP contribution in [0.4, 0.5) is 13.2 Å². The summed E-state index contributed by atoms with van der Waals surface area (Å²) in [5, 5.41) is -0.362. The van der Waals surface area contributed by atoms with Crippen LogP contribution in [-0.2, 0) is 15.7 Å². The van der Waals surface area contributed by atoms with Crippen LogP contribution in [0.1, 0.15) is 18.1 Å². The van der Waals surface area contributed by atoms with E-state index in [1.165, 1.54) is 12.1 Å². The van der Waals surface area contributed by atoms with Gasteiger partial charge in [0, 0.05) is 10.6 Å². The number of halogens is 4. The number of aryl methyl sites for hydroxylation is 1. The van der Waals surface area contributed by atoms with E-state index < -0.39 is 11.7 Å². The molecule has 0 spiro atoms. The van der Waals surface area contributed by atoms with E-state index >= 15 is 0 Å². The average molecular weight is 475 g/mol. The lowest BCUT2D eigenvalue weighted by Gasteiger charge is -2.33. The predicted octanol–water partition coefficient (Wildman–Crippen LogP) is 6.49. The van der Waals surface area contributed by atoms with E-state index in [-0.39, 0.29) is 30.0 Å². The van der Waals surface area contributed by atoms with E-state index in [2.05, 4.69) is 6.58 Å². The van der Waals surface area contributed by atoms with E-state index in [0.29, 0.717) is 12.4 Å². The van der Waals surface area contributed by atoms with Crippen molar-refractivity contribution in [1.29, 1.82) is 0 Å². The predicted molar refractivity (Wildman–Crippen MR) is 114 cm³/mol. The molecule has 0 radical (unpaired) electrons. The highest BCUT2D eigenvalue weighted by molar-refractivity contribution is 7.99. The molecule has 0 atom stereocenters. The highest BCUT2D eigenvalue weighted by Gasteiger charge is 2.33. The lowest BCUT2D eigenvalue weighted by atomic mass is 10.2. The second kappa shape index (κ2) is 10.2. The van der Waals surface area contributed by atoms with Crippen LogP contribution in [0.15, 0.2) is 53.4 Å². The molecule has 0 amide bonds. The minimum atomic E-state index is -4.53. The summed E-state index contributed by atoms with van der Waals surface area (Å²) in [7, 11) is 0. The maximum atomic E-state index is 12.9. The third-order valence-electron chi connectivity index (χ3n) is 4.34. The first-order chi connectivity index (χ1) is 14.6. The van der Waals surface area contributed by atoms with Crippen molar-refractivity contribution in [2.45, 2.75) is 37.5 Å². The number of thioether (sulfide) groups is 1. The standard InChI is InChI=1S/C22H22ClF3O4S/c1-13(10-27-16-4-6-19(23)18(9-16)22(24,25)26)12-31-17-5-7-20(14(2)8-17)28-11-21-29-15(3)30-21/h4-9,15,21H,1,10-12H2,2-3H3. The van der Waals surface area contributed by atoms with Crippen molar-refractivity contribution in [1.82, 2.24) is 0 Å². The maximum Gasteiger partial charge on any atom is 0.417 e. The van der Waals surface area contributed by atoms with Gasteiger partial charge in [-0.2, -0.15) is 13.2 Å². The van der Waals surface area contributed by atoms with Crippen molar-refractivity contribution in [3.8, 4) is 11.5 Å². The Hall–Kier alpha value is -1.87. The van der Waals surface area contributed by atoms with Gasteiger partial charge in [0.2, 0.25) is 0 Å². The Kier molecular flexibility index (Phi) is 7.80. The van der Waals surface area contributed by atoms with Crippen molar-refractivity contribution < 1.29 is 32.1 Å². The van der Waals surface area contributed by atoms with E-state index in [4.69, 9.17) is 30.5 Å². The minimum Gasteiger partial charge on any atom is -0.489 e. The number of hydrogen-bond donors (Lipinski definition) is 0. The van der Waals surface area contributed by atoms with Crippen molar-refractivity contribution in [2.75, 3.05) is 19.0 Å². The van der Waals surface area contributed by atoms with E-state index in [0.717, 1.165) is 27.8 Å². The molecule has 0 aromatic heterocycles. The van der Waals surface area contributed by atoms with Gasteiger partial charge in [0.1, 0.15) is 24.7 Å². The van der Waals surface area contributed by atoms with Crippen LogP contribution in [0.25, 0.3) is 0 Å². The van der Waals surface area contributed by atoms with Gasteiger partial charge in [-0.05, 0) is 61.4 Å². The van der Waals surface area contributed by atoms with Gasteiger partial charge in [0.15, 0.2) is 12.6 Å². The van der Waals surface area contributed by atoms with Crippen molar-refractivity contribution in [3.05, 3.63) is 64.7 Å². The summed E-state index contributed by atoms with van der Waals surface area (Å²) in [5.41, 5.74) is 0.786. The molecule has 168 valence electrons. The summed E-state index contributed by atoms with van der Waals surface area (Å²) in [6.45, 7) is 8.13. The highest BCUT2D eigenvalue weighted by atomic mass is 35.5. The molecule has 0 N–H and O–H groups in total. The lowest BCUT2D eigenvalue weighted by Crippen LogP contribution is -2.42. The fraction of sp³-hybridized carbons (Fsp3) is 0.364. The molecule has 1 aliphatic heterocycles. The second-order valence-electron chi connectivity index (χ2n) is 6.97. The number of alkyl halides is 3.